The number of halogens is 1. The number of carbonyl (C=O) groups excluding carboxylic acids is 3. The Morgan fingerprint density at radius 1 is 1.05 bits per heavy atom. The van der Waals surface area contributed by atoms with Crippen molar-refractivity contribution < 1.29 is 19.1 Å². The Morgan fingerprint density at radius 3 is 2.32 bits per heavy atom. The van der Waals surface area contributed by atoms with Crippen LogP contribution in [0.25, 0.3) is 16.9 Å². The van der Waals surface area contributed by atoms with Gasteiger partial charge in [0.25, 0.3) is 0 Å². The first-order valence-electron chi connectivity index (χ1n) is 12.8. The molecule has 3 amide bonds. The Morgan fingerprint density at radius 2 is 1.71 bits per heavy atom. The molecular formula is C28H36ClN5O4. The highest BCUT2D eigenvalue weighted by molar-refractivity contribution is 6.30. The van der Waals surface area contributed by atoms with E-state index in [0.717, 1.165) is 18.4 Å². The van der Waals surface area contributed by atoms with Crippen LogP contribution in [0, 0.1) is 0 Å². The zero-order valence-electron chi connectivity index (χ0n) is 22.6. The molecule has 3 aromatic rings. The van der Waals surface area contributed by atoms with E-state index in [4.69, 9.17) is 21.3 Å². The largest absolute Gasteiger partial charge is 0.444 e. The van der Waals surface area contributed by atoms with Gasteiger partial charge in [-0.2, -0.15) is 0 Å². The van der Waals surface area contributed by atoms with Crippen molar-refractivity contribution in [3.05, 3.63) is 53.3 Å². The standard InChI is InChI=1S/C28H36ClN5O4/c1-6-14-33(15-7-2)24(36)17-22-25(19-10-12-20(29)13-11-19)32-26-21(9-8-16-34(22)26)31-23(35)18-30-27(37)38-28(3,4)5/h8-13,16H,6-7,14-15,17-18H2,1-5H3,(H,30,37)(H,31,35). The number of pyridine rings is 1. The van der Waals surface area contributed by atoms with Crippen molar-refractivity contribution in [2.75, 3.05) is 25.0 Å². The lowest BCUT2D eigenvalue weighted by Gasteiger charge is -2.21. The summed E-state index contributed by atoms with van der Waals surface area (Å²) in [5.74, 6) is -0.420. The van der Waals surface area contributed by atoms with Crippen LogP contribution in [0.1, 0.15) is 53.2 Å². The highest BCUT2D eigenvalue weighted by Gasteiger charge is 2.22. The molecule has 0 radical (unpaired) electrons. The lowest BCUT2D eigenvalue weighted by molar-refractivity contribution is -0.130. The van der Waals surface area contributed by atoms with Crippen LogP contribution in [-0.4, -0.2) is 57.4 Å². The van der Waals surface area contributed by atoms with Crippen molar-refractivity contribution in [3.63, 3.8) is 0 Å². The van der Waals surface area contributed by atoms with E-state index in [-0.39, 0.29) is 18.9 Å². The molecule has 0 aliphatic rings. The summed E-state index contributed by atoms with van der Waals surface area (Å²) >= 11 is 6.11. The summed E-state index contributed by atoms with van der Waals surface area (Å²) in [6.07, 6.45) is 3.04. The minimum Gasteiger partial charge on any atom is -0.444 e. The van der Waals surface area contributed by atoms with E-state index in [1.807, 2.05) is 27.6 Å². The van der Waals surface area contributed by atoms with Gasteiger partial charge in [-0.25, -0.2) is 9.78 Å². The maximum Gasteiger partial charge on any atom is 0.408 e. The second-order valence-corrected chi connectivity index (χ2v) is 10.4. The van der Waals surface area contributed by atoms with E-state index in [2.05, 4.69) is 24.5 Å². The van der Waals surface area contributed by atoms with Gasteiger partial charge >= 0.3 is 6.09 Å². The molecule has 2 heterocycles. The molecular weight excluding hydrogens is 506 g/mol. The molecule has 0 saturated heterocycles. The molecule has 2 aromatic heterocycles. The average molecular weight is 542 g/mol. The number of fused-ring (bicyclic) bond motifs is 1. The number of ether oxygens (including phenoxy) is 1. The number of imidazole rings is 1. The van der Waals surface area contributed by atoms with Gasteiger partial charge in [0.1, 0.15) is 12.1 Å². The predicted molar refractivity (Wildman–Crippen MR) is 149 cm³/mol. The van der Waals surface area contributed by atoms with E-state index < -0.39 is 17.6 Å². The third-order valence-electron chi connectivity index (χ3n) is 5.59. The Bertz CT molecular complexity index is 1270. The Kier molecular flexibility index (Phi) is 9.74. The first kappa shape index (κ1) is 29.0. The van der Waals surface area contributed by atoms with E-state index in [1.54, 1.807) is 45.0 Å². The highest BCUT2D eigenvalue weighted by atomic mass is 35.5. The summed E-state index contributed by atoms with van der Waals surface area (Å²) in [6, 6.07) is 10.8. The molecule has 2 N–H and O–H groups in total. The minimum atomic E-state index is -0.679. The van der Waals surface area contributed by atoms with Crippen molar-refractivity contribution in [1.82, 2.24) is 19.6 Å². The predicted octanol–water partition coefficient (Wildman–Crippen LogP) is 5.31. The number of carbonyl (C=O) groups is 3. The van der Waals surface area contributed by atoms with Gasteiger partial charge in [0.05, 0.1) is 23.5 Å². The molecule has 38 heavy (non-hydrogen) atoms. The topological polar surface area (TPSA) is 105 Å². The SMILES string of the molecule is CCCN(CCC)C(=O)Cc1c(-c2ccc(Cl)cc2)nc2c(NC(=O)CNC(=O)OC(C)(C)C)cccn12. The van der Waals surface area contributed by atoms with Gasteiger partial charge < -0.3 is 24.7 Å². The van der Waals surface area contributed by atoms with Crippen molar-refractivity contribution in [3.8, 4) is 11.3 Å². The molecule has 10 heteroatoms. The van der Waals surface area contributed by atoms with E-state index in [0.29, 0.717) is 40.8 Å². The monoisotopic (exact) mass is 541 g/mol. The van der Waals surface area contributed by atoms with Crippen LogP contribution >= 0.6 is 11.6 Å². The third-order valence-corrected chi connectivity index (χ3v) is 5.84. The number of aromatic nitrogens is 2. The summed E-state index contributed by atoms with van der Waals surface area (Å²) in [5, 5.41) is 5.86. The van der Waals surface area contributed by atoms with Gasteiger partial charge in [-0.1, -0.05) is 37.6 Å². The molecule has 0 aliphatic heterocycles. The fraction of sp³-hybridized carbons (Fsp3) is 0.429. The molecule has 3 rings (SSSR count). The maximum atomic E-state index is 13.3. The first-order valence-corrected chi connectivity index (χ1v) is 13.2. The van der Waals surface area contributed by atoms with Crippen molar-refractivity contribution in [1.29, 1.82) is 0 Å². The number of benzene rings is 1. The number of anilines is 1. The van der Waals surface area contributed by atoms with Crippen LogP contribution in [0.5, 0.6) is 0 Å². The smallest absolute Gasteiger partial charge is 0.408 e. The molecule has 204 valence electrons. The summed E-state index contributed by atoms with van der Waals surface area (Å²) in [5.41, 5.74) is 2.43. The number of nitrogens with one attached hydrogen (secondary N) is 2. The van der Waals surface area contributed by atoms with Crippen LogP contribution in [-0.2, 0) is 20.7 Å². The molecule has 0 atom stereocenters. The summed E-state index contributed by atoms with van der Waals surface area (Å²) < 4.78 is 7.01. The number of nitrogens with zero attached hydrogens (tertiary/aromatic N) is 3. The Hall–Kier alpha value is -3.59. The summed E-state index contributed by atoms with van der Waals surface area (Å²) in [4.78, 5) is 44.6. The Labute approximate surface area is 228 Å². The lowest BCUT2D eigenvalue weighted by Crippen LogP contribution is -2.37. The number of rotatable bonds is 10. The third kappa shape index (κ3) is 7.71. The maximum absolute atomic E-state index is 13.3. The van der Waals surface area contributed by atoms with Gasteiger partial charge in [0.2, 0.25) is 11.8 Å². The quantitative estimate of drug-likeness (QED) is 0.362. The van der Waals surface area contributed by atoms with Gasteiger partial charge in [-0.05, 0) is 57.9 Å². The van der Waals surface area contributed by atoms with Gasteiger partial charge in [-0.3, -0.25) is 9.59 Å². The van der Waals surface area contributed by atoms with Crippen molar-refractivity contribution in [2.45, 2.75) is 59.5 Å². The lowest BCUT2D eigenvalue weighted by atomic mass is 10.1. The average Bonchev–Trinajstić information content (AvgIpc) is 3.21. The zero-order chi connectivity index (χ0) is 27.9. The van der Waals surface area contributed by atoms with Gasteiger partial charge in [-0.15, -0.1) is 0 Å². The van der Waals surface area contributed by atoms with Crippen molar-refractivity contribution in [2.24, 2.45) is 0 Å². The fourth-order valence-corrected chi connectivity index (χ4v) is 4.17. The minimum absolute atomic E-state index is 0.0155. The van der Waals surface area contributed by atoms with Crippen LogP contribution in [0.4, 0.5) is 10.5 Å². The molecule has 0 aliphatic carbocycles. The zero-order valence-corrected chi connectivity index (χ0v) is 23.4. The first-order chi connectivity index (χ1) is 18.0. The van der Waals surface area contributed by atoms with Gasteiger partial charge in [0, 0.05) is 29.9 Å². The number of hydrogen-bond acceptors (Lipinski definition) is 5. The van der Waals surface area contributed by atoms with Gasteiger partial charge in [0.15, 0.2) is 5.65 Å². The molecule has 1 aromatic carbocycles. The molecule has 0 saturated carbocycles. The van der Waals surface area contributed by atoms with Crippen LogP contribution < -0.4 is 10.6 Å². The van der Waals surface area contributed by atoms with Crippen LogP contribution in [0.15, 0.2) is 42.6 Å². The number of alkyl carbamates (subject to hydrolysis) is 1. The van der Waals surface area contributed by atoms with Crippen LogP contribution in [0.3, 0.4) is 0 Å². The normalized spacial score (nSPS) is 11.3. The summed E-state index contributed by atoms with van der Waals surface area (Å²) in [7, 11) is 0. The van der Waals surface area contributed by atoms with E-state index >= 15 is 0 Å². The number of hydrogen-bond donors (Lipinski definition) is 2. The highest BCUT2D eigenvalue weighted by Crippen LogP contribution is 2.29. The van der Waals surface area contributed by atoms with Crippen LogP contribution in [0.2, 0.25) is 5.02 Å². The molecule has 0 unspecified atom stereocenters. The van der Waals surface area contributed by atoms with Crippen molar-refractivity contribution >= 4 is 40.8 Å². The fourth-order valence-electron chi connectivity index (χ4n) is 4.04. The number of amides is 3. The molecule has 9 nitrogen and oxygen atoms in total. The molecule has 0 bridgehead atoms. The van der Waals surface area contributed by atoms with E-state index in [9.17, 15) is 14.4 Å². The second-order valence-electron chi connectivity index (χ2n) is 9.99. The van der Waals surface area contributed by atoms with E-state index in [1.165, 1.54) is 0 Å². The summed E-state index contributed by atoms with van der Waals surface area (Å²) in [6.45, 7) is 10.4. The molecule has 0 fully saturated rings. The molecule has 0 spiro atoms. The second kappa shape index (κ2) is 12.8. The Balaban J connectivity index is 1.94.